The first kappa shape index (κ1) is 7.31. The largest absolute Gasteiger partial charge is 0.362 e. The molecule has 0 aromatic carbocycles. The summed E-state index contributed by atoms with van der Waals surface area (Å²) in [6.07, 6.45) is 1.15. The summed E-state index contributed by atoms with van der Waals surface area (Å²) in [5, 5.41) is 0. The SMILES string of the molecule is C/N=C1\CC(I)CN1C. The van der Waals surface area contributed by atoms with Crippen LogP contribution in [-0.2, 0) is 0 Å². The van der Waals surface area contributed by atoms with Crippen molar-refractivity contribution in [3.63, 3.8) is 0 Å². The van der Waals surface area contributed by atoms with Gasteiger partial charge < -0.3 is 4.90 Å². The van der Waals surface area contributed by atoms with Gasteiger partial charge in [-0.2, -0.15) is 0 Å². The Morgan fingerprint density at radius 2 is 2.44 bits per heavy atom. The summed E-state index contributed by atoms with van der Waals surface area (Å²) in [6, 6.07) is 0. The Kier molecular flexibility index (Phi) is 2.32. The summed E-state index contributed by atoms with van der Waals surface area (Å²) >= 11 is 2.46. The molecule has 0 saturated carbocycles. The lowest BCUT2D eigenvalue weighted by Gasteiger charge is -2.09. The van der Waals surface area contributed by atoms with E-state index in [1.54, 1.807) is 0 Å². The second kappa shape index (κ2) is 2.86. The number of nitrogens with zero attached hydrogens (tertiary/aromatic N) is 2. The molecule has 0 N–H and O–H groups in total. The van der Waals surface area contributed by atoms with Crippen LogP contribution in [0.1, 0.15) is 6.42 Å². The molecule has 0 aromatic heterocycles. The lowest BCUT2D eigenvalue weighted by atomic mass is 10.4. The van der Waals surface area contributed by atoms with Gasteiger partial charge in [0, 0.05) is 31.0 Å². The number of aliphatic imine (C=N–C) groups is 1. The van der Waals surface area contributed by atoms with E-state index in [1.807, 2.05) is 7.05 Å². The van der Waals surface area contributed by atoms with Gasteiger partial charge in [0.1, 0.15) is 0 Å². The highest BCUT2D eigenvalue weighted by Crippen LogP contribution is 2.17. The van der Waals surface area contributed by atoms with Crippen LogP contribution < -0.4 is 0 Å². The Bertz CT molecular complexity index is 133. The van der Waals surface area contributed by atoms with E-state index in [2.05, 4.69) is 39.5 Å². The molecule has 1 atom stereocenters. The summed E-state index contributed by atoms with van der Waals surface area (Å²) in [6.45, 7) is 1.16. The highest BCUT2D eigenvalue weighted by atomic mass is 127. The predicted molar refractivity (Wildman–Crippen MR) is 48.4 cm³/mol. The van der Waals surface area contributed by atoms with Crippen molar-refractivity contribution in [2.45, 2.75) is 10.3 Å². The van der Waals surface area contributed by atoms with Crippen LogP contribution in [0.5, 0.6) is 0 Å². The Morgan fingerprint density at radius 3 is 2.67 bits per heavy atom. The minimum atomic E-state index is 0.770. The number of likely N-dealkylation sites (tertiary alicyclic amines) is 1. The summed E-state index contributed by atoms with van der Waals surface area (Å²) in [4.78, 5) is 6.38. The summed E-state index contributed by atoms with van der Waals surface area (Å²) < 4.78 is 0.770. The maximum absolute atomic E-state index is 4.16. The van der Waals surface area contributed by atoms with Crippen molar-refractivity contribution in [1.29, 1.82) is 0 Å². The molecule has 9 heavy (non-hydrogen) atoms. The molecule has 2 nitrogen and oxygen atoms in total. The van der Waals surface area contributed by atoms with Crippen LogP contribution in [0, 0.1) is 0 Å². The second-order valence-corrected chi connectivity index (χ2v) is 4.08. The van der Waals surface area contributed by atoms with Crippen LogP contribution in [0.3, 0.4) is 0 Å². The first-order valence-corrected chi connectivity index (χ1v) is 4.29. The average Bonchev–Trinajstić information content (AvgIpc) is 2.10. The Hall–Kier alpha value is 0.200. The minimum absolute atomic E-state index is 0.770. The number of hydrogen-bond acceptors (Lipinski definition) is 1. The lowest BCUT2D eigenvalue weighted by Crippen LogP contribution is -2.19. The first-order valence-electron chi connectivity index (χ1n) is 3.05. The second-order valence-electron chi connectivity index (χ2n) is 2.32. The number of halogens is 1. The van der Waals surface area contributed by atoms with E-state index in [1.165, 1.54) is 5.84 Å². The first-order chi connectivity index (χ1) is 4.24. The maximum atomic E-state index is 4.16. The van der Waals surface area contributed by atoms with E-state index in [0.29, 0.717) is 0 Å². The zero-order valence-electron chi connectivity index (χ0n) is 5.76. The molecule has 1 aliphatic rings. The topological polar surface area (TPSA) is 15.6 Å². The molecular formula is C6H11IN2. The number of alkyl halides is 1. The fourth-order valence-corrected chi connectivity index (χ4v) is 2.07. The molecule has 0 aromatic rings. The van der Waals surface area contributed by atoms with Crippen molar-refractivity contribution in [3.8, 4) is 0 Å². The molecular weight excluding hydrogens is 227 g/mol. The van der Waals surface area contributed by atoms with Crippen LogP contribution >= 0.6 is 22.6 Å². The summed E-state index contributed by atoms with van der Waals surface area (Å²) in [5.41, 5.74) is 0. The quantitative estimate of drug-likeness (QED) is 0.456. The molecule has 1 unspecified atom stereocenters. The van der Waals surface area contributed by atoms with Crippen LogP contribution in [-0.4, -0.2) is 35.3 Å². The molecule has 52 valence electrons. The normalized spacial score (nSPS) is 32.1. The van der Waals surface area contributed by atoms with Gasteiger partial charge in [0.05, 0.1) is 5.84 Å². The fraction of sp³-hybridized carbons (Fsp3) is 0.833. The van der Waals surface area contributed by atoms with Crippen molar-refractivity contribution >= 4 is 28.4 Å². The highest BCUT2D eigenvalue weighted by Gasteiger charge is 2.21. The molecule has 0 bridgehead atoms. The third kappa shape index (κ3) is 1.56. The summed E-state index contributed by atoms with van der Waals surface area (Å²) in [5.74, 6) is 1.24. The van der Waals surface area contributed by atoms with Crippen molar-refractivity contribution in [2.24, 2.45) is 4.99 Å². The Balaban J connectivity index is 2.58. The van der Waals surface area contributed by atoms with Crippen LogP contribution in [0.15, 0.2) is 4.99 Å². The van der Waals surface area contributed by atoms with Crippen molar-refractivity contribution in [2.75, 3.05) is 20.6 Å². The van der Waals surface area contributed by atoms with Gasteiger partial charge in [-0.3, -0.25) is 4.99 Å². The molecule has 1 fully saturated rings. The Labute approximate surface area is 69.5 Å². The third-order valence-corrected chi connectivity index (χ3v) is 2.41. The molecule has 1 aliphatic heterocycles. The van der Waals surface area contributed by atoms with E-state index in [4.69, 9.17) is 0 Å². The zero-order chi connectivity index (χ0) is 6.85. The molecule has 1 heterocycles. The van der Waals surface area contributed by atoms with Gasteiger partial charge in [-0.1, -0.05) is 22.6 Å². The predicted octanol–water partition coefficient (Wildman–Crippen LogP) is 1.15. The molecule has 1 rings (SSSR count). The van der Waals surface area contributed by atoms with E-state index >= 15 is 0 Å². The van der Waals surface area contributed by atoms with Crippen LogP contribution in [0.25, 0.3) is 0 Å². The Morgan fingerprint density at radius 1 is 1.78 bits per heavy atom. The highest BCUT2D eigenvalue weighted by molar-refractivity contribution is 14.1. The molecule has 0 radical (unpaired) electrons. The van der Waals surface area contributed by atoms with Gasteiger partial charge in [0.25, 0.3) is 0 Å². The maximum Gasteiger partial charge on any atom is 0.0994 e. The van der Waals surface area contributed by atoms with E-state index in [0.717, 1.165) is 16.9 Å². The molecule has 0 spiro atoms. The number of hydrogen-bond donors (Lipinski definition) is 0. The van der Waals surface area contributed by atoms with Crippen molar-refractivity contribution in [1.82, 2.24) is 4.90 Å². The monoisotopic (exact) mass is 238 g/mol. The van der Waals surface area contributed by atoms with Gasteiger partial charge in [-0.15, -0.1) is 0 Å². The van der Waals surface area contributed by atoms with Gasteiger partial charge in [0.2, 0.25) is 0 Å². The smallest absolute Gasteiger partial charge is 0.0994 e. The number of rotatable bonds is 0. The molecule has 3 heteroatoms. The van der Waals surface area contributed by atoms with Crippen LogP contribution in [0.2, 0.25) is 0 Å². The van der Waals surface area contributed by atoms with E-state index in [-0.39, 0.29) is 0 Å². The fourth-order valence-electron chi connectivity index (χ4n) is 1.08. The van der Waals surface area contributed by atoms with Gasteiger partial charge in [-0.25, -0.2) is 0 Å². The minimum Gasteiger partial charge on any atom is -0.362 e. The van der Waals surface area contributed by atoms with Gasteiger partial charge >= 0.3 is 0 Å². The molecule has 0 aliphatic carbocycles. The van der Waals surface area contributed by atoms with Gasteiger partial charge in [-0.05, 0) is 0 Å². The molecule has 1 saturated heterocycles. The van der Waals surface area contributed by atoms with Gasteiger partial charge in [0.15, 0.2) is 0 Å². The van der Waals surface area contributed by atoms with Crippen LogP contribution in [0.4, 0.5) is 0 Å². The standard InChI is InChI=1S/C6H11IN2/c1-8-6-3-5(7)4-9(6)2/h5H,3-4H2,1-2H3/b8-6+. The van der Waals surface area contributed by atoms with E-state index in [9.17, 15) is 0 Å². The zero-order valence-corrected chi connectivity index (χ0v) is 7.92. The van der Waals surface area contributed by atoms with Crippen molar-refractivity contribution < 1.29 is 0 Å². The molecule has 0 amide bonds. The average molecular weight is 238 g/mol. The third-order valence-electron chi connectivity index (χ3n) is 1.57. The van der Waals surface area contributed by atoms with E-state index < -0.39 is 0 Å². The van der Waals surface area contributed by atoms with Crippen molar-refractivity contribution in [3.05, 3.63) is 0 Å². The lowest BCUT2D eigenvalue weighted by molar-refractivity contribution is 0.558. The summed E-state index contributed by atoms with van der Waals surface area (Å²) in [7, 11) is 3.96. The number of amidine groups is 1.